The number of hydrogen-bond acceptors (Lipinski definition) is 0. The number of allylic oxidation sites excluding steroid dienone is 2. The van der Waals surface area contributed by atoms with Crippen LogP contribution in [0.2, 0.25) is 5.02 Å². The molecule has 0 fully saturated rings. The highest BCUT2D eigenvalue weighted by Gasteiger charge is 2.21. The van der Waals surface area contributed by atoms with Gasteiger partial charge in [-0.2, -0.15) is 0 Å². The molecule has 0 heterocycles. The third-order valence-corrected chi connectivity index (χ3v) is 5.69. The largest absolute Gasteiger partial charge is 0.203 e. The molecular weight excluding hydrogens is 362 g/mol. The van der Waals surface area contributed by atoms with Crippen molar-refractivity contribution in [3.63, 3.8) is 0 Å². The molecular formula is C24H29ClF2. The summed E-state index contributed by atoms with van der Waals surface area (Å²) in [5.41, 5.74) is 5.37. The first kappa shape index (κ1) is 21.6. The number of halogens is 3. The monoisotopic (exact) mass is 390 g/mol. The molecule has 2 rings (SSSR count). The van der Waals surface area contributed by atoms with Crippen molar-refractivity contribution in [2.45, 2.75) is 66.2 Å². The standard InChI is InChI=1S/C24H29ClF2/c1-6-8-9-20(22-14-19(25)12-11-18(22)7-2)16(4)17(5)21-13-10-15(3)23(26)24(21)27/h10-14,17H,6-9H2,1-5H3/b20-16+. The zero-order valence-electron chi connectivity index (χ0n) is 16.9. The predicted octanol–water partition coefficient (Wildman–Crippen LogP) is 8.26. The molecule has 3 heteroatoms. The Balaban J connectivity index is 2.62. The van der Waals surface area contributed by atoms with Gasteiger partial charge in [-0.1, -0.05) is 62.6 Å². The van der Waals surface area contributed by atoms with Gasteiger partial charge >= 0.3 is 0 Å². The number of unbranched alkanes of at least 4 members (excludes halogenated alkanes) is 1. The van der Waals surface area contributed by atoms with Crippen LogP contribution in [-0.2, 0) is 6.42 Å². The summed E-state index contributed by atoms with van der Waals surface area (Å²) in [6.45, 7) is 9.85. The van der Waals surface area contributed by atoms with E-state index in [1.807, 2.05) is 26.0 Å². The van der Waals surface area contributed by atoms with E-state index in [9.17, 15) is 8.78 Å². The molecule has 0 nitrogen and oxygen atoms in total. The van der Waals surface area contributed by atoms with Crippen LogP contribution in [0.5, 0.6) is 0 Å². The lowest BCUT2D eigenvalue weighted by atomic mass is 9.84. The van der Waals surface area contributed by atoms with E-state index in [4.69, 9.17) is 11.6 Å². The van der Waals surface area contributed by atoms with E-state index in [1.54, 1.807) is 19.1 Å². The minimum atomic E-state index is -0.751. The van der Waals surface area contributed by atoms with Gasteiger partial charge in [0.1, 0.15) is 0 Å². The van der Waals surface area contributed by atoms with E-state index in [0.717, 1.165) is 36.8 Å². The van der Waals surface area contributed by atoms with Gasteiger partial charge in [0.25, 0.3) is 0 Å². The van der Waals surface area contributed by atoms with E-state index >= 15 is 0 Å². The molecule has 0 bridgehead atoms. The van der Waals surface area contributed by atoms with Crippen LogP contribution >= 0.6 is 11.6 Å². The van der Waals surface area contributed by atoms with Crippen molar-refractivity contribution >= 4 is 17.2 Å². The summed E-state index contributed by atoms with van der Waals surface area (Å²) in [6.07, 6.45) is 3.91. The molecule has 27 heavy (non-hydrogen) atoms. The zero-order valence-corrected chi connectivity index (χ0v) is 17.7. The summed E-state index contributed by atoms with van der Waals surface area (Å²) in [5.74, 6) is -1.70. The Kier molecular flexibility index (Phi) is 7.61. The van der Waals surface area contributed by atoms with E-state index in [0.29, 0.717) is 16.1 Å². The minimum absolute atomic E-state index is 0.212. The summed E-state index contributed by atoms with van der Waals surface area (Å²) >= 11 is 6.28. The van der Waals surface area contributed by atoms with Crippen LogP contribution in [0.25, 0.3) is 5.57 Å². The average Bonchev–Trinajstić information content (AvgIpc) is 2.66. The van der Waals surface area contributed by atoms with Crippen LogP contribution < -0.4 is 0 Å². The average molecular weight is 391 g/mol. The van der Waals surface area contributed by atoms with Crippen LogP contribution in [-0.4, -0.2) is 0 Å². The lowest BCUT2D eigenvalue weighted by Gasteiger charge is -2.22. The topological polar surface area (TPSA) is 0 Å². The summed E-state index contributed by atoms with van der Waals surface area (Å²) in [5, 5.41) is 0.698. The Hall–Kier alpha value is -1.67. The molecule has 0 saturated carbocycles. The number of rotatable bonds is 7. The first-order valence-electron chi connectivity index (χ1n) is 9.74. The summed E-state index contributed by atoms with van der Waals surface area (Å²) in [4.78, 5) is 0. The fourth-order valence-electron chi connectivity index (χ4n) is 3.53. The lowest BCUT2D eigenvalue weighted by Crippen LogP contribution is -2.06. The first-order chi connectivity index (χ1) is 12.8. The van der Waals surface area contributed by atoms with Crippen molar-refractivity contribution < 1.29 is 8.78 Å². The molecule has 146 valence electrons. The Morgan fingerprint density at radius 2 is 1.78 bits per heavy atom. The normalized spacial score (nSPS) is 13.5. The molecule has 1 atom stereocenters. The molecule has 0 aliphatic carbocycles. The van der Waals surface area contributed by atoms with Crippen LogP contribution in [0, 0.1) is 18.6 Å². The maximum Gasteiger partial charge on any atom is 0.162 e. The van der Waals surface area contributed by atoms with Gasteiger partial charge in [-0.15, -0.1) is 0 Å². The summed E-state index contributed by atoms with van der Waals surface area (Å²) < 4.78 is 28.7. The maximum absolute atomic E-state index is 14.6. The van der Waals surface area contributed by atoms with Gasteiger partial charge in [0.15, 0.2) is 11.6 Å². The van der Waals surface area contributed by atoms with E-state index in [-0.39, 0.29) is 5.92 Å². The second kappa shape index (κ2) is 9.50. The van der Waals surface area contributed by atoms with Gasteiger partial charge in [0.05, 0.1) is 0 Å². The highest BCUT2D eigenvalue weighted by Crippen LogP contribution is 2.37. The quantitative estimate of drug-likeness (QED) is 0.446. The van der Waals surface area contributed by atoms with Gasteiger partial charge in [0.2, 0.25) is 0 Å². The number of aryl methyl sites for hydroxylation is 2. The van der Waals surface area contributed by atoms with Crippen LogP contribution in [0.4, 0.5) is 8.78 Å². The molecule has 0 spiro atoms. The number of benzene rings is 2. The summed E-state index contributed by atoms with van der Waals surface area (Å²) in [7, 11) is 0. The van der Waals surface area contributed by atoms with Crippen LogP contribution in [0.3, 0.4) is 0 Å². The third kappa shape index (κ3) is 4.79. The van der Waals surface area contributed by atoms with Gasteiger partial charge in [-0.25, -0.2) is 8.78 Å². The molecule has 2 aromatic rings. The molecule has 1 unspecified atom stereocenters. The maximum atomic E-state index is 14.6. The van der Waals surface area contributed by atoms with Gasteiger partial charge in [-0.3, -0.25) is 0 Å². The highest BCUT2D eigenvalue weighted by molar-refractivity contribution is 6.30. The number of hydrogen-bond donors (Lipinski definition) is 0. The molecule has 0 aliphatic rings. The van der Waals surface area contributed by atoms with E-state index < -0.39 is 11.6 Å². The van der Waals surface area contributed by atoms with Crippen molar-refractivity contribution in [3.05, 3.63) is 74.8 Å². The molecule has 0 aliphatic heterocycles. The van der Waals surface area contributed by atoms with Crippen molar-refractivity contribution in [1.82, 2.24) is 0 Å². The predicted molar refractivity (Wildman–Crippen MR) is 112 cm³/mol. The molecule has 2 aromatic carbocycles. The van der Waals surface area contributed by atoms with Crippen molar-refractivity contribution in [1.29, 1.82) is 0 Å². The van der Waals surface area contributed by atoms with E-state index in [1.165, 1.54) is 11.1 Å². The van der Waals surface area contributed by atoms with Gasteiger partial charge < -0.3 is 0 Å². The van der Waals surface area contributed by atoms with Crippen molar-refractivity contribution in [2.24, 2.45) is 0 Å². The smallest absolute Gasteiger partial charge is 0.162 e. The molecule has 0 N–H and O–H groups in total. The van der Waals surface area contributed by atoms with Crippen LogP contribution in [0.15, 0.2) is 35.9 Å². The minimum Gasteiger partial charge on any atom is -0.203 e. The lowest BCUT2D eigenvalue weighted by molar-refractivity contribution is 0.490. The van der Waals surface area contributed by atoms with Crippen LogP contribution in [0.1, 0.15) is 75.1 Å². The highest BCUT2D eigenvalue weighted by atomic mass is 35.5. The Morgan fingerprint density at radius 3 is 2.41 bits per heavy atom. The zero-order chi connectivity index (χ0) is 20.1. The Labute approximate surface area is 167 Å². The van der Waals surface area contributed by atoms with Crippen molar-refractivity contribution in [3.8, 4) is 0 Å². The second-order valence-electron chi connectivity index (χ2n) is 7.24. The fourth-order valence-corrected chi connectivity index (χ4v) is 3.70. The first-order valence-corrected chi connectivity index (χ1v) is 10.1. The van der Waals surface area contributed by atoms with Gasteiger partial charge in [0, 0.05) is 10.9 Å². The molecule has 0 saturated heterocycles. The second-order valence-corrected chi connectivity index (χ2v) is 7.68. The molecule has 0 amide bonds. The molecule has 0 radical (unpaired) electrons. The Bertz CT molecular complexity index is 837. The van der Waals surface area contributed by atoms with Gasteiger partial charge in [-0.05, 0) is 73.1 Å². The fraction of sp³-hybridized carbons (Fsp3) is 0.417. The SMILES string of the molecule is CCCC/C(=C(/C)C(C)c1ccc(C)c(F)c1F)c1cc(Cl)ccc1CC. The van der Waals surface area contributed by atoms with E-state index in [2.05, 4.69) is 19.9 Å². The Morgan fingerprint density at radius 1 is 1.07 bits per heavy atom. The molecule has 0 aromatic heterocycles. The third-order valence-electron chi connectivity index (χ3n) is 5.46. The van der Waals surface area contributed by atoms with Crippen molar-refractivity contribution in [2.75, 3.05) is 0 Å². The summed E-state index contributed by atoms with van der Waals surface area (Å²) in [6, 6.07) is 9.34.